The first-order chi connectivity index (χ1) is 29.7. The highest BCUT2D eigenvalue weighted by Crippen LogP contribution is 2.63. The molecule has 11 atom stereocenters. The van der Waals surface area contributed by atoms with Crippen molar-refractivity contribution in [2.45, 2.75) is 115 Å². The molecule has 15 nitrogen and oxygen atoms in total. The standard InChI is InChI=1S/C48H57NO14/c1-27-33(61-44(57)37(53)36(30-17-11-8-12-18-30)49-42(55)31-19-13-9-14-20-31)25-48(58)41(62-43(56)32-21-15-10-16-22-32)39-46(6,34(52)23-24-47(39,26-59-7)63-29(3)51)40(54)38(60-28(2)50)35(27)45(48,4)5/h8-22,33-34,36-41,52-54,58H,23-26H2,1-7H3,(H,49,55)/t33-,34-,36-,37+,38+,39-,40?,41-,46+,47+,48+/m0/s1. The molecule has 3 aromatic rings. The van der Waals surface area contributed by atoms with E-state index in [2.05, 4.69) is 5.32 Å². The zero-order chi connectivity index (χ0) is 46.1. The highest BCUT2D eigenvalue weighted by Gasteiger charge is 2.74. The second-order valence-electron chi connectivity index (χ2n) is 17.6. The molecule has 2 bridgehead atoms. The SMILES string of the molecule is COC[C@]1(OC(C)=O)CC[C@H](O)[C@@]2(C)C(O)[C@H](OC(C)=O)C3=C(C)[C@@H](OC(=O)[C@H](O)[C@@H](NC(=O)c4ccccc4)c4ccccc4)C[C@@](O)([C@@H](OC(=O)c4ccccc4)[C@H]12)C3(C)C. The minimum Gasteiger partial charge on any atom is -0.456 e. The van der Waals surface area contributed by atoms with E-state index < -0.39 is 107 Å². The van der Waals surface area contributed by atoms with Gasteiger partial charge in [0.1, 0.15) is 29.5 Å². The van der Waals surface area contributed by atoms with Gasteiger partial charge in [-0.2, -0.15) is 0 Å². The van der Waals surface area contributed by atoms with E-state index in [9.17, 15) is 44.4 Å². The van der Waals surface area contributed by atoms with E-state index in [1.807, 2.05) is 0 Å². The van der Waals surface area contributed by atoms with Gasteiger partial charge in [0.15, 0.2) is 12.2 Å². The lowest BCUT2D eigenvalue weighted by molar-refractivity contribution is -0.297. The van der Waals surface area contributed by atoms with Gasteiger partial charge in [-0.25, -0.2) is 9.59 Å². The summed E-state index contributed by atoms with van der Waals surface area (Å²) in [7, 11) is 1.36. The Balaban J connectivity index is 1.55. The molecule has 0 heterocycles. The molecule has 338 valence electrons. The third-order valence-electron chi connectivity index (χ3n) is 13.5. The number of hydrogen-bond donors (Lipinski definition) is 5. The number of amides is 1. The molecule has 0 radical (unpaired) electrons. The Morgan fingerprint density at radius 3 is 1.94 bits per heavy atom. The fourth-order valence-corrected chi connectivity index (χ4v) is 10.4. The molecule has 3 aromatic carbocycles. The van der Waals surface area contributed by atoms with E-state index in [-0.39, 0.29) is 41.7 Å². The van der Waals surface area contributed by atoms with Crippen molar-refractivity contribution in [3.8, 4) is 0 Å². The highest BCUT2D eigenvalue weighted by molar-refractivity contribution is 5.95. The summed E-state index contributed by atoms with van der Waals surface area (Å²) in [5, 5.41) is 53.3. The van der Waals surface area contributed by atoms with Gasteiger partial charge in [-0.15, -0.1) is 0 Å². The summed E-state index contributed by atoms with van der Waals surface area (Å²) in [6, 6.07) is 23.1. The van der Waals surface area contributed by atoms with Crippen LogP contribution in [0.15, 0.2) is 102 Å². The lowest BCUT2D eigenvalue weighted by Crippen LogP contribution is -2.77. The molecular weight excluding hydrogens is 815 g/mol. The number of aliphatic hydroxyl groups excluding tert-OH is 3. The number of esters is 4. The van der Waals surface area contributed by atoms with Gasteiger partial charge < -0.3 is 49.4 Å². The van der Waals surface area contributed by atoms with Crippen LogP contribution in [-0.2, 0) is 38.1 Å². The lowest BCUT2D eigenvalue weighted by atomic mass is 9.45. The van der Waals surface area contributed by atoms with Gasteiger partial charge >= 0.3 is 23.9 Å². The number of methoxy groups -OCH3 is 1. The Morgan fingerprint density at radius 1 is 0.810 bits per heavy atom. The fraction of sp³-hybridized carbons (Fsp3) is 0.479. The first kappa shape index (κ1) is 47.0. The molecule has 1 amide bonds. The van der Waals surface area contributed by atoms with Crippen LogP contribution in [0.2, 0.25) is 0 Å². The first-order valence-corrected chi connectivity index (χ1v) is 20.9. The summed E-state index contributed by atoms with van der Waals surface area (Å²) in [4.78, 5) is 68.3. The highest BCUT2D eigenvalue weighted by atomic mass is 16.6. The van der Waals surface area contributed by atoms with Crippen LogP contribution in [0.25, 0.3) is 0 Å². The van der Waals surface area contributed by atoms with E-state index in [1.165, 1.54) is 33.1 Å². The zero-order valence-electron chi connectivity index (χ0n) is 36.5. The van der Waals surface area contributed by atoms with Crippen molar-refractivity contribution in [1.29, 1.82) is 0 Å². The number of nitrogens with one attached hydrogen (secondary N) is 1. The van der Waals surface area contributed by atoms with Crippen molar-refractivity contribution in [3.63, 3.8) is 0 Å². The lowest BCUT2D eigenvalue weighted by Gasteiger charge is -2.65. The number of hydrogen-bond acceptors (Lipinski definition) is 14. The monoisotopic (exact) mass is 871 g/mol. The molecule has 5 N–H and O–H groups in total. The van der Waals surface area contributed by atoms with Crippen LogP contribution < -0.4 is 5.32 Å². The van der Waals surface area contributed by atoms with E-state index in [0.29, 0.717) is 5.56 Å². The number of carbonyl (C=O) groups excluding carboxylic acids is 5. The molecule has 1 unspecified atom stereocenters. The Hall–Kier alpha value is -5.45. The molecule has 2 saturated carbocycles. The van der Waals surface area contributed by atoms with Crippen LogP contribution in [0.4, 0.5) is 0 Å². The maximum absolute atomic E-state index is 14.4. The number of benzene rings is 3. The van der Waals surface area contributed by atoms with Crippen LogP contribution in [0.3, 0.4) is 0 Å². The summed E-state index contributed by atoms with van der Waals surface area (Å²) in [5.74, 6) is -5.82. The fourth-order valence-electron chi connectivity index (χ4n) is 10.4. The third kappa shape index (κ3) is 8.64. The van der Waals surface area contributed by atoms with Gasteiger partial charge in [-0.1, -0.05) is 87.5 Å². The summed E-state index contributed by atoms with van der Waals surface area (Å²) >= 11 is 0. The molecule has 0 saturated heterocycles. The van der Waals surface area contributed by atoms with Gasteiger partial charge in [0.05, 0.1) is 30.2 Å². The summed E-state index contributed by atoms with van der Waals surface area (Å²) < 4.78 is 30.4. The average molecular weight is 872 g/mol. The smallest absolute Gasteiger partial charge is 0.338 e. The van der Waals surface area contributed by atoms with Crippen LogP contribution in [0.5, 0.6) is 0 Å². The third-order valence-corrected chi connectivity index (χ3v) is 13.5. The Kier molecular flexibility index (Phi) is 13.7. The Bertz CT molecular complexity index is 2200. The maximum atomic E-state index is 14.4. The average Bonchev–Trinajstić information content (AvgIpc) is 3.25. The Labute approximate surface area is 366 Å². The number of rotatable bonds is 12. The summed E-state index contributed by atoms with van der Waals surface area (Å²) in [6.45, 7) is 8.20. The number of carbonyl (C=O) groups is 5. The quantitative estimate of drug-likeness (QED) is 0.0980. The zero-order valence-corrected chi connectivity index (χ0v) is 36.5. The second-order valence-corrected chi connectivity index (χ2v) is 17.6. The van der Waals surface area contributed by atoms with Gasteiger partial charge in [0.2, 0.25) is 0 Å². The van der Waals surface area contributed by atoms with Gasteiger partial charge in [-0.05, 0) is 60.7 Å². The van der Waals surface area contributed by atoms with Crippen LogP contribution in [0.1, 0.15) is 93.1 Å². The van der Waals surface area contributed by atoms with E-state index >= 15 is 0 Å². The minimum atomic E-state index is -2.37. The molecule has 15 heteroatoms. The topological polar surface area (TPSA) is 224 Å². The maximum Gasteiger partial charge on any atom is 0.338 e. The molecule has 3 aliphatic carbocycles. The molecule has 0 spiro atoms. The Morgan fingerprint density at radius 2 is 1.38 bits per heavy atom. The van der Waals surface area contributed by atoms with Gasteiger partial charge in [0, 0.05) is 43.8 Å². The molecule has 6 rings (SSSR count). The molecule has 0 aromatic heterocycles. The largest absolute Gasteiger partial charge is 0.456 e. The number of ether oxygens (including phenoxy) is 5. The first-order valence-electron chi connectivity index (χ1n) is 20.9. The number of fused-ring (bicyclic) bond motifs is 3. The molecule has 3 aliphatic rings. The van der Waals surface area contributed by atoms with E-state index in [1.54, 1.807) is 99.6 Å². The minimum absolute atomic E-state index is 0.0613. The predicted octanol–water partition coefficient (Wildman–Crippen LogP) is 4.17. The van der Waals surface area contributed by atoms with Crippen molar-refractivity contribution in [1.82, 2.24) is 5.32 Å². The summed E-state index contributed by atoms with van der Waals surface area (Å²) in [5.41, 5.74) is -6.64. The second kappa shape index (κ2) is 18.3. The van der Waals surface area contributed by atoms with Crippen LogP contribution >= 0.6 is 0 Å². The van der Waals surface area contributed by atoms with Crippen LogP contribution in [-0.4, -0.2) is 112 Å². The molecule has 63 heavy (non-hydrogen) atoms. The van der Waals surface area contributed by atoms with E-state index in [4.69, 9.17) is 23.7 Å². The van der Waals surface area contributed by atoms with Gasteiger partial charge in [-0.3, -0.25) is 14.4 Å². The van der Waals surface area contributed by atoms with Gasteiger partial charge in [0.25, 0.3) is 5.91 Å². The van der Waals surface area contributed by atoms with Crippen molar-refractivity contribution in [3.05, 3.63) is 119 Å². The molecular formula is C48H57NO14. The summed E-state index contributed by atoms with van der Waals surface area (Å²) in [6.07, 6.45) is -10.9. The predicted molar refractivity (Wildman–Crippen MR) is 225 cm³/mol. The van der Waals surface area contributed by atoms with Crippen molar-refractivity contribution < 1.29 is 68.1 Å². The van der Waals surface area contributed by atoms with E-state index in [0.717, 1.165) is 6.92 Å². The molecule has 2 fully saturated rings. The van der Waals surface area contributed by atoms with Crippen LogP contribution in [0, 0.1) is 16.7 Å². The van der Waals surface area contributed by atoms with Crippen molar-refractivity contribution >= 4 is 29.8 Å². The van der Waals surface area contributed by atoms with Crippen molar-refractivity contribution in [2.24, 2.45) is 16.7 Å². The molecule has 0 aliphatic heterocycles. The van der Waals surface area contributed by atoms with Crippen molar-refractivity contribution in [2.75, 3.05) is 13.7 Å². The normalized spacial score (nSPS) is 30.8. The number of aliphatic hydroxyl groups is 4.